The van der Waals surface area contributed by atoms with Crippen molar-refractivity contribution in [1.29, 1.82) is 0 Å². The van der Waals surface area contributed by atoms with Gasteiger partial charge >= 0.3 is 10.4 Å². The lowest BCUT2D eigenvalue weighted by Crippen LogP contribution is -2.30. The first-order chi connectivity index (χ1) is 29.3. The van der Waals surface area contributed by atoms with Gasteiger partial charge in [0.1, 0.15) is 21.2 Å². The van der Waals surface area contributed by atoms with E-state index in [0.717, 1.165) is 30.3 Å². The van der Waals surface area contributed by atoms with Crippen molar-refractivity contribution in [1.82, 2.24) is 15.0 Å². The molecule has 0 saturated carbocycles. The smallest absolute Gasteiger partial charge is 0.397 e. The second kappa shape index (κ2) is 17.5. The molecular formula is C34H30N8O16S5. The average Bonchev–Trinajstić information content (AvgIpc) is 3.18. The van der Waals surface area contributed by atoms with Crippen molar-refractivity contribution < 1.29 is 69.6 Å². The van der Waals surface area contributed by atoms with E-state index in [4.69, 9.17) is 4.55 Å². The molecule has 6 aromatic rings. The lowest BCUT2D eigenvalue weighted by atomic mass is 10.1. The van der Waals surface area contributed by atoms with Crippen LogP contribution in [0.15, 0.2) is 137 Å². The number of rotatable bonds is 14. The lowest BCUT2D eigenvalue weighted by molar-refractivity contribution is 0.284. The molecule has 29 heteroatoms. The fourth-order valence-electron chi connectivity index (χ4n) is 5.63. The predicted octanol–water partition coefficient (Wildman–Crippen LogP) is 3.58. The first kappa shape index (κ1) is 46.2. The molecule has 0 aliphatic carbocycles. The van der Waals surface area contributed by atoms with Gasteiger partial charge in [0.15, 0.2) is 15.6 Å². The number of anilines is 2. The summed E-state index contributed by atoms with van der Waals surface area (Å²) < 4.78 is 165. The van der Waals surface area contributed by atoms with Crippen LogP contribution in [-0.2, 0) is 54.8 Å². The van der Waals surface area contributed by atoms with Crippen LogP contribution in [0, 0.1) is 0 Å². The number of nitrogens with one attached hydrogen (secondary N) is 2. The summed E-state index contributed by atoms with van der Waals surface area (Å²) in [6.45, 7) is -0.904. The van der Waals surface area contributed by atoms with Crippen molar-refractivity contribution in [3.8, 4) is 5.75 Å². The third-order valence-electron chi connectivity index (χ3n) is 8.44. The van der Waals surface area contributed by atoms with E-state index >= 15 is 0 Å². The quantitative estimate of drug-likeness (QED) is 0.0606. The van der Waals surface area contributed by atoms with Crippen LogP contribution in [0.4, 0.5) is 34.4 Å². The Kier molecular flexibility index (Phi) is 12.8. The summed E-state index contributed by atoms with van der Waals surface area (Å²) >= 11 is 0. The number of H-pyrrole nitrogens is 2. The van der Waals surface area contributed by atoms with Crippen LogP contribution < -0.4 is 16.1 Å². The molecular weight excluding hydrogens is 937 g/mol. The topological polar surface area (TPSA) is 378 Å². The van der Waals surface area contributed by atoms with E-state index in [1.807, 2.05) is 0 Å². The molecule has 7 N–H and O–H groups in total. The van der Waals surface area contributed by atoms with Crippen LogP contribution in [0.25, 0.3) is 10.8 Å². The zero-order chi connectivity index (χ0) is 46.1. The van der Waals surface area contributed by atoms with E-state index in [0.29, 0.717) is 11.8 Å². The number of hydrogen-bond acceptors (Lipinski definition) is 18. The van der Waals surface area contributed by atoms with Crippen LogP contribution in [0.5, 0.6) is 5.75 Å². The first-order valence-electron chi connectivity index (χ1n) is 17.1. The predicted molar refractivity (Wildman–Crippen MR) is 220 cm³/mol. The van der Waals surface area contributed by atoms with Gasteiger partial charge in [-0.15, -0.1) is 10.2 Å². The van der Waals surface area contributed by atoms with Gasteiger partial charge in [-0.25, -0.2) is 22.6 Å². The molecule has 1 heterocycles. The Hall–Kier alpha value is -6.28. The van der Waals surface area contributed by atoms with Crippen molar-refractivity contribution in [2.45, 2.75) is 19.6 Å². The highest BCUT2D eigenvalue weighted by Gasteiger charge is 2.26. The summed E-state index contributed by atoms with van der Waals surface area (Å²) in [5.41, 5.74) is -2.21. The van der Waals surface area contributed by atoms with Gasteiger partial charge < -0.3 is 10.0 Å². The SMILES string of the molecule is CN(c1ccccc1)c1nc(=Nc2cccc(S(=O)(=O)CCOS(=O)(=O)O)c2)[nH]c(=Nc2cc(S(=O)(=O)O)cc3cc(S(=O)(=O)O)c(N=Nc4ccccc4S(=O)(=O)O)c(O)c23)[nH]1. The molecule has 332 valence electrons. The monoisotopic (exact) mass is 966 g/mol. The third kappa shape index (κ3) is 11.2. The lowest BCUT2D eigenvalue weighted by Gasteiger charge is -2.17. The zero-order valence-electron chi connectivity index (χ0n) is 31.6. The molecule has 5 aromatic carbocycles. The number of phenolic OH excluding ortho intramolecular Hbond substituents is 1. The van der Waals surface area contributed by atoms with E-state index in [9.17, 15) is 60.9 Å². The normalized spacial score (nSPS) is 13.5. The van der Waals surface area contributed by atoms with Crippen molar-refractivity contribution >= 4 is 95.7 Å². The van der Waals surface area contributed by atoms with Gasteiger partial charge in [-0.3, -0.25) is 28.2 Å². The molecule has 0 saturated heterocycles. The molecule has 0 spiro atoms. The van der Waals surface area contributed by atoms with Gasteiger partial charge in [-0.05, 0) is 66.0 Å². The highest BCUT2D eigenvalue weighted by atomic mass is 32.3. The molecule has 0 unspecified atom stereocenters. The largest absolute Gasteiger partial charge is 0.505 e. The van der Waals surface area contributed by atoms with E-state index in [2.05, 4.69) is 39.3 Å². The van der Waals surface area contributed by atoms with Crippen LogP contribution in [-0.4, -0.2) is 99.8 Å². The maximum atomic E-state index is 13.0. The minimum absolute atomic E-state index is 0.0244. The summed E-state index contributed by atoms with van der Waals surface area (Å²) in [6.07, 6.45) is 0. The summed E-state index contributed by atoms with van der Waals surface area (Å²) in [5.74, 6) is -2.00. The first-order valence-corrected chi connectivity index (χ1v) is 24.4. The minimum Gasteiger partial charge on any atom is -0.505 e. The van der Waals surface area contributed by atoms with Gasteiger partial charge in [-0.2, -0.15) is 38.7 Å². The van der Waals surface area contributed by atoms with Crippen molar-refractivity contribution in [2.75, 3.05) is 24.3 Å². The molecule has 0 aliphatic heterocycles. The number of azo groups is 1. The number of para-hydroxylation sites is 1. The number of sulfone groups is 1. The van der Waals surface area contributed by atoms with E-state index < -0.39 is 111 Å². The molecule has 63 heavy (non-hydrogen) atoms. The molecule has 6 rings (SSSR count). The van der Waals surface area contributed by atoms with Crippen LogP contribution >= 0.6 is 0 Å². The van der Waals surface area contributed by atoms with Gasteiger partial charge in [0.2, 0.25) is 17.2 Å². The average molecular weight is 967 g/mol. The summed E-state index contributed by atoms with van der Waals surface area (Å²) in [7, 11) is -22.9. The maximum absolute atomic E-state index is 13.0. The number of hydrogen-bond donors (Lipinski definition) is 7. The molecule has 0 radical (unpaired) electrons. The molecule has 0 fully saturated rings. The number of phenols is 1. The number of aromatic hydroxyl groups is 1. The number of benzene rings is 5. The van der Waals surface area contributed by atoms with Crippen LogP contribution in [0.2, 0.25) is 0 Å². The fourth-order valence-corrected chi connectivity index (χ4v) is 8.97. The Morgan fingerprint density at radius 1 is 0.667 bits per heavy atom. The Bertz CT molecular complexity index is 3550. The Morgan fingerprint density at radius 2 is 1.33 bits per heavy atom. The van der Waals surface area contributed by atoms with Gasteiger partial charge in [0.25, 0.3) is 30.4 Å². The van der Waals surface area contributed by atoms with E-state index in [-0.39, 0.29) is 27.8 Å². The van der Waals surface area contributed by atoms with Gasteiger partial charge in [-0.1, -0.05) is 36.4 Å². The molecule has 24 nitrogen and oxygen atoms in total. The molecule has 0 bridgehead atoms. The number of fused-ring (bicyclic) bond motifs is 1. The fraction of sp³-hybridized carbons (Fsp3) is 0.0882. The van der Waals surface area contributed by atoms with E-state index in [1.54, 1.807) is 37.4 Å². The standard InChI is InChI=1S/C34H30N8O16S5/c1-42(22-9-3-2-4-10-22)34-38-32(35-21-8-7-11-23(18-21)59(44,45)15-14-58-63(55,56)57)37-33(39-34)36-26-19-24(60(46,47)48)16-20-17-28(62(52,53)54)30(31(43)29(20)26)41-40-25-12-5-6-13-27(25)61(49,50)51/h2-13,16-19,43H,14-15H2,1H3,(H,46,47,48)(H,49,50,51)(H,52,53,54)(H,55,56,57)(H2,35,36,37,38,39). The van der Waals surface area contributed by atoms with Crippen molar-refractivity contribution in [3.05, 3.63) is 108 Å². The van der Waals surface area contributed by atoms with Crippen molar-refractivity contribution in [2.24, 2.45) is 20.2 Å². The Labute approximate surface area is 356 Å². The highest BCUT2D eigenvalue weighted by Crippen LogP contribution is 2.46. The second-order valence-electron chi connectivity index (χ2n) is 12.7. The van der Waals surface area contributed by atoms with Gasteiger partial charge in [0.05, 0.1) is 38.9 Å². The Balaban J connectivity index is 1.62. The highest BCUT2D eigenvalue weighted by molar-refractivity contribution is 7.91. The number of aromatic amines is 2. The summed E-state index contributed by atoms with van der Waals surface area (Å²) in [4.78, 5) is 17.1. The van der Waals surface area contributed by atoms with Crippen molar-refractivity contribution in [3.63, 3.8) is 0 Å². The summed E-state index contributed by atoms with van der Waals surface area (Å²) in [6, 6.07) is 20.2. The van der Waals surface area contributed by atoms with E-state index in [1.165, 1.54) is 35.2 Å². The minimum atomic E-state index is -5.35. The molecule has 1 aromatic heterocycles. The maximum Gasteiger partial charge on any atom is 0.397 e. The summed E-state index contributed by atoms with van der Waals surface area (Å²) in [5, 5.41) is 18.1. The molecule has 0 aliphatic rings. The zero-order valence-corrected chi connectivity index (χ0v) is 35.7. The third-order valence-corrected chi connectivity index (χ3v) is 13.2. The van der Waals surface area contributed by atoms with Crippen LogP contribution in [0.3, 0.4) is 0 Å². The number of nitrogens with zero attached hydrogens (tertiary/aromatic N) is 6. The second-order valence-corrected chi connectivity index (χ2v) is 20.1. The van der Waals surface area contributed by atoms with Gasteiger partial charge in [0, 0.05) is 12.7 Å². The number of aromatic nitrogens is 3. The van der Waals surface area contributed by atoms with Crippen LogP contribution in [0.1, 0.15) is 0 Å². The molecule has 0 atom stereocenters. The molecule has 0 amide bonds. The Morgan fingerprint density at radius 3 is 1.98 bits per heavy atom.